The van der Waals surface area contributed by atoms with Gasteiger partial charge in [0.05, 0.1) is 6.21 Å². The van der Waals surface area contributed by atoms with Crippen molar-refractivity contribution in [2.45, 2.75) is 13.8 Å². The number of aromatic amines is 2. The number of fused-ring (bicyclic) bond motifs is 1. The van der Waals surface area contributed by atoms with Gasteiger partial charge in [-0.15, -0.1) is 0 Å². The monoisotopic (exact) mass is 347 g/mol. The zero-order chi connectivity index (χ0) is 17.4. The van der Waals surface area contributed by atoms with E-state index in [2.05, 4.69) is 32.4 Å². The summed E-state index contributed by atoms with van der Waals surface area (Å²) in [5.74, 6) is 0.705. The van der Waals surface area contributed by atoms with Crippen molar-refractivity contribution in [3.8, 4) is 11.4 Å². The average molecular weight is 347 g/mol. The summed E-state index contributed by atoms with van der Waals surface area (Å²) in [4.78, 5) is 3.38. The first-order valence-corrected chi connectivity index (χ1v) is 8.41. The molecule has 2 aromatic carbocycles. The molecule has 0 aliphatic rings. The maximum absolute atomic E-state index is 5.36. The maximum Gasteiger partial charge on any atom is 0.216 e. The molecule has 0 spiro atoms. The summed E-state index contributed by atoms with van der Waals surface area (Å²) >= 11 is 5.36. The van der Waals surface area contributed by atoms with Crippen molar-refractivity contribution in [1.82, 2.24) is 19.9 Å². The molecule has 6 heteroatoms. The molecule has 2 N–H and O–H groups in total. The summed E-state index contributed by atoms with van der Waals surface area (Å²) in [5, 5.41) is 12.9. The second kappa shape index (κ2) is 6.14. The zero-order valence-corrected chi connectivity index (χ0v) is 14.8. The Bertz CT molecular complexity index is 1150. The molecule has 4 aromatic rings. The predicted molar refractivity (Wildman–Crippen MR) is 104 cm³/mol. The van der Waals surface area contributed by atoms with E-state index in [1.54, 1.807) is 4.68 Å². The smallest absolute Gasteiger partial charge is 0.216 e. The number of nitrogens with one attached hydrogen (secondary N) is 2. The topological polar surface area (TPSA) is 61.8 Å². The number of benzene rings is 2. The van der Waals surface area contributed by atoms with Gasteiger partial charge in [-0.05, 0) is 37.7 Å². The van der Waals surface area contributed by atoms with Gasteiger partial charge in [0.2, 0.25) is 4.77 Å². The summed E-state index contributed by atoms with van der Waals surface area (Å²) in [6.45, 7) is 4.09. The molecule has 0 unspecified atom stereocenters. The Morgan fingerprint density at radius 2 is 1.84 bits per heavy atom. The van der Waals surface area contributed by atoms with E-state index in [0.717, 1.165) is 33.3 Å². The van der Waals surface area contributed by atoms with Crippen LogP contribution >= 0.6 is 12.2 Å². The van der Waals surface area contributed by atoms with Crippen molar-refractivity contribution in [3.63, 3.8) is 0 Å². The van der Waals surface area contributed by atoms with Gasteiger partial charge in [0.1, 0.15) is 0 Å². The van der Waals surface area contributed by atoms with Crippen molar-refractivity contribution in [3.05, 3.63) is 70.1 Å². The van der Waals surface area contributed by atoms with E-state index < -0.39 is 0 Å². The van der Waals surface area contributed by atoms with E-state index in [4.69, 9.17) is 12.2 Å². The van der Waals surface area contributed by atoms with Gasteiger partial charge in [0.25, 0.3) is 0 Å². The molecule has 0 atom stereocenters. The normalized spacial score (nSPS) is 11.6. The number of H-pyrrole nitrogens is 2. The van der Waals surface area contributed by atoms with Crippen LogP contribution in [0.25, 0.3) is 22.3 Å². The molecule has 0 saturated carbocycles. The van der Waals surface area contributed by atoms with E-state index in [1.807, 2.05) is 56.5 Å². The molecule has 25 heavy (non-hydrogen) atoms. The number of hydrogen-bond acceptors (Lipinski definition) is 3. The van der Waals surface area contributed by atoms with Crippen LogP contribution in [0.4, 0.5) is 0 Å². The molecule has 0 fully saturated rings. The predicted octanol–water partition coefficient (Wildman–Crippen LogP) is 4.59. The standard InChI is InChI=1S/C19H17N5S/c1-12-7-3-4-8-14(12)18-22-23-19(25)24(18)20-11-16-13(2)21-17-10-6-5-9-15(16)17/h3-11,21H,1-2H3,(H,23,25)/b20-11+. The summed E-state index contributed by atoms with van der Waals surface area (Å²) < 4.78 is 2.13. The quantitative estimate of drug-likeness (QED) is 0.421. The highest BCUT2D eigenvalue weighted by molar-refractivity contribution is 7.71. The fraction of sp³-hybridized carbons (Fsp3) is 0.105. The molecule has 2 aromatic heterocycles. The van der Waals surface area contributed by atoms with Crippen LogP contribution in [-0.4, -0.2) is 26.1 Å². The Morgan fingerprint density at radius 1 is 1.08 bits per heavy atom. The lowest BCUT2D eigenvalue weighted by atomic mass is 10.1. The van der Waals surface area contributed by atoms with E-state index in [0.29, 0.717) is 10.6 Å². The summed E-state index contributed by atoms with van der Waals surface area (Å²) in [6, 6.07) is 16.2. The van der Waals surface area contributed by atoms with E-state index in [1.165, 1.54) is 0 Å². The van der Waals surface area contributed by atoms with Crippen LogP contribution in [0.3, 0.4) is 0 Å². The van der Waals surface area contributed by atoms with Crippen molar-refractivity contribution >= 4 is 29.3 Å². The van der Waals surface area contributed by atoms with Gasteiger partial charge in [-0.3, -0.25) is 0 Å². The number of aromatic nitrogens is 4. The molecule has 0 bridgehead atoms. The van der Waals surface area contributed by atoms with E-state index in [9.17, 15) is 0 Å². The van der Waals surface area contributed by atoms with Crippen LogP contribution in [0.15, 0.2) is 53.6 Å². The minimum absolute atomic E-state index is 0.465. The van der Waals surface area contributed by atoms with Crippen molar-refractivity contribution in [2.24, 2.45) is 5.10 Å². The summed E-state index contributed by atoms with van der Waals surface area (Å²) in [6.07, 6.45) is 1.83. The number of hydrogen-bond donors (Lipinski definition) is 2. The Hall–Kier alpha value is -2.99. The van der Waals surface area contributed by atoms with Crippen molar-refractivity contribution in [1.29, 1.82) is 0 Å². The molecular formula is C19H17N5S. The summed E-state index contributed by atoms with van der Waals surface area (Å²) in [5.41, 5.74) is 5.34. The molecule has 124 valence electrons. The van der Waals surface area contributed by atoms with E-state index in [-0.39, 0.29) is 0 Å². The van der Waals surface area contributed by atoms with Gasteiger partial charge < -0.3 is 4.98 Å². The van der Waals surface area contributed by atoms with Crippen LogP contribution in [-0.2, 0) is 0 Å². The van der Waals surface area contributed by atoms with Crippen molar-refractivity contribution in [2.75, 3.05) is 0 Å². The zero-order valence-electron chi connectivity index (χ0n) is 13.9. The molecular weight excluding hydrogens is 330 g/mol. The first kappa shape index (κ1) is 15.5. The average Bonchev–Trinajstić information content (AvgIpc) is 3.13. The largest absolute Gasteiger partial charge is 0.358 e. The maximum atomic E-state index is 5.36. The van der Waals surface area contributed by atoms with Crippen LogP contribution in [0, 0.1) is 18.6 Å². The van der Waals surface area contributed by atoms with Crippen molar-refractivity contribution < 1.29 is 0 Å². The molecule has 0 radical (unpaired) electrons. The SMILES string of the molecule is Cc1ccccc1-c1n[nH]c(=S)n1/N=C/c1c(C)[nH]c2ccccc12. The first-order chi connectivity index (χ1) is 12.1. The van der Waals surface area contributed by atoms with Gasteiger partial charge in [0, 0.05) is 27.7 Å². The van der Waals surface area contributed by atoms with Crippen LogP contribution < -0.4 is 0 Å². The van der Waals surface area contributed by atoms with Gasteiger partial charge in [-0.2, -0.15) is 14.9 Å². The summed E-state index contributed by atoms with van der Waals surface area (Å²) in [7, 11) is 0. The third-order valence-electron chi connectivity index (χ3n) is 4.28. The minimum Gasteiger partial charge on any atom is -0.358 e. The first-order valence-electron chi connectivity index (χ1n) is 8.00. The molecule has 5 nitrogen and oxygen atoms in total. The number of nitrogens with zero attached hydrogens (tertiary/aromatic N) is 3. The Labute approximate surface area is 150 Å². The molecule has 0 amide bonds. The Morgan fingerprint density at radius 3 is 2.68 bits per heavy atom. The minimum atomic E-state index is 0.465. The highest BCUT2D eigenvalue weighted by Gasteiger charge is 2.11. The second-order valence-corrected chi connectivity index (χ2v) is 6.32. The third kappa shape index (κ3) is 2.70. The molecule has 2 heterocycles. The van der Waals surface area contributed by atoms with Crippen LogP contribution in [0.2, 0.25) is 0 Å². The highest BCUT2D eigenvalue weighted by Crippen LogP contribution is 2.22. The fourth-order valence-corrected chi connectivity index (χ4v) is 3.16. The second-order valence-electron chi connectivity index (χ2n) is 5.93. The molecule has 0 saturated heterocycles. The van der Waals surface area contributed by atoms with E-state index >= 15 is 0 Å². The van der Waals surface area contributed by atoms with Gasteiger partial charge >= 0.3 is 0 Å². The lowest BCUT2D eigenvalue weighted by molar-refractivity contribution is 0.870. The van der Waals surface area contributed by atoms with Crippen LogP contribution in [0.1, 0.15) is 16.8 Å². The molecule has 0 aliphatic carbocycles. The number of rotatable bonds is 3. The van der Waals surface area contributed by atoms with Crippen LogP contribution in [0.5, 0.6) is 0 Å². The lowest BCUT2D eigenvalue weighted by Gasteiger charge is -2.04. The highest BCUT2D eigenvalue weighted by atomic mass is 32.1. The Kier molecular flexibility index (Phi) is 3.82. The Balaban J connectivity index is 1.83. The fourth-order valence-electron chi connectivity index (χ4n) is 2.98. The number of aryl methyl sites for hydroxylation is 2. The molecule has 0 aliphatic heterocycles. The molecule has 4 rings (SSSR count). The lowest BCUT2D eigenvalue weighted by Crippen LogP contribution is -1.96. The number of para-hydroxylation sites is 1. The van der Waals surface area contributed by atoms with Gasteiger partial charge in [-0.1, -0.05) is 42.5 Å². The van der Waals surface area contributed by atoms with Gasteiger partial charge in [-0.25, -0.2) is 5.10 Å². The third-order valence-corrected chi connectivity index (χ3v) is 4.55. The van der Waals surface area contributed by atoms with Gasteiger partial charge in [0.15, 0.2) is 5.82 Å².